The molecule has 80 valence electrons. The summed E-state index contributed by atoms with van der Waals surface area (Å²) in [4.78, 5) is 18.3. The van der Waals surface area contributed by atoms with E-state index in [0.717, 1.165) is 0 Å². The summed E-state index contributed by atoms with van der Waals surface area (Å²) in [7, 11) is -4.25. The van der Waals surface area contributed by atoms with Gasteiger partial charge in [-0.25, -0.2) is 0 Å². The van der Waals surface area contributed by atoms with Gasteiger partial charge in [-0.3, -0.25) is 4.57 Å². The molecule has 0 rings (SSSR count). The summed E-state index contributed by atoms with van der Waals surface area (Å²) in [5, 5.41) is -1.44. The highest BCUT2D eigenvalue weighted by atomic mass is 31.2. The summed E-state index contributed by atoms with van der Waals surface area (Å²) in [5.41, 5.74) is 5.21. The molecule has 5 heteroatoms. The number of rotatable bonds is 4. The van der Waals surface area contributed by atoms with E-state index in [-0.39, 0.29) is 0 Å². The average molecular weight is 209 g/mol. The Bertz CT molecular complexity index is 217. The van der Waals surface area contributed by atoms with Crippen LogP contribution in [-0.4, -0.2) is 15.1 Å². The Morgan fingerprint density at radius 1 is 1.23 bits per heavy atom. The van der Waals surface area contributed by atoms with Crippen molar-refractivity contribution >= 4 is 7.60 Å². The molecule has 1 unspecified atom stereocenters. The lowest BCUT2D eigenvalue weighted by atomic mass is 9.78. The van der Waals surface area contributed by atoms with Gasteiger partial charge in [-0.05, 0) is 25.2 Å². The van der Waals surface area contributed by atoms with Gasteiger partial charge in [-0.2, -0.15) is 0 Å². The molecule has 0 spiro atoms. The van der Waals surface area contributed by atoms with Crippen LogP contribution in [0.5, 0.6) is 0 Å². The quantitative estimate of drug-likeness (QED) is 0.615. The Balaban J connectivity index is 5.12. The second-order valence-corrected chi connectivity index (χ2v) is 5.98. The third-order valence-corrected chi connectivity index (χ3v) is 5.14. The molecule has 0 radical (unpaired) electrons. The molecule has 1 atom stereocenters. The van der Waals surface area contributed by atoms with Crippen molar-refractivity contribution in [2.45, 2.75) is 45.8 Å². The van der Waals surface area contributed by atoms with Crippen molar-refractivity contribution < 1.29 is 14.4 Å². The maximum Gasteiger partial charge on any atom is 0.345 e. The molecule has 0 bridgehead atoms. The van der Waals surface area contributed by atoms with Gasteiger partial charge in [0.05, 0.1) is 0 Å². The Hall–Kier alpha value is 0.110. The van der Waals surface area contributed by atoms with Crippen LogP contribution in [0.3, 0.4) is 0 Å². The zero-order valence-corrected chi connectivity index (χ0v) is 9.64. The fourth-order valence-electron chi connectivity index (χ4n) is 1.32. The molecular formula is C8H20NO3P. The third-order valence-electron chi connectivity index (χ3n) is 3.39. The van der Waals surface area contributed by atoms with Crippen LogP contribution in [0.2, 0.25) is 0 Å². The minimum Gasteiger partial charge on any atom is -0.323 e. The molecule has 0 heterocycles. The van der Waals surface area contributed by atoms with E-state index in [1.165, 1.54) is 6.92 Å². The van der Waals surface area contributed by atoms with Crippen molar-refractivity contribution in [2.24, 2.45) is 11.1 Å². The minimum absolute atomic E-state index is 0.522. The Morgan fingerprint density at radius 2 is 1.54 bits per heavy atom. The molecule has 0 aliphatic rings. The topological polar surface area (TPSA) is 83.6 Å². The predicted molar refractivity (Wildman–Crippen MR) is 53.3 cm³/mol. The predicted octanol–water partition coefficient (Wildman–Crippen LogP) is 1.67. The van der Waals surface area contributed by atoms with Crippen LogP contribution >= 0.6 is 7.60 Å². The summed E-state index contributed by atoms with van der Waals surface area (Å²) in [6.45, 7) is 7.03. The maximum absolute atomic E-state index is 11.2. The summed E-state index contributed by atoms with van der Waals surface area (Å²) in [6, 6.07) is 0. The highest BCUT2D eigenvalue weighted by Crippen LogP contribution is 2.57. The first-order chi connectivity index (χ1) is 5.62. The van der Waals surface area contributed by atoms with Gasteiger partial charge in [0.1, 0.15) is 5.28 Å². The van der Waals surface area contributed by atoms with Gasteiger partial charge in [0.25, 0.3) is 0 Å². The third kappa shape index (κ3) is 2.13. The molecule has 13 heavy (non-hydrogen) atoms. The zero-order chi connectivity index (χ0) is 10.9. The van der Waals surface area contributed by atoms with Crippen LogP contribution in [0.25, 0.3) is 0 Å². The molecule has 4 nitrogen and oxygen atoms in total. The van der Waals surface area contributed by atoms with E-state index < -0.39 is 18.3 Å². The number of hydrogen-bond donors (Lipinski definition) is 3. The lowest BCUT2D eigenvalue weighted by Gasteiger charge is -2.42. The van der Waals surface area contributed by atoms with Gasteiger partial charge in [0, 0.05) is 0 Å². The van der Waals surface area contributed by atoms with E-state index in [2.05, 4.69) is 0 Å². The van der Waals surface area contributed by atoms with Crippen LogP contribution < -0.4 is 5.73 Å². The summed E-state index contributed by atoms with van der Waals surface area (Å²) >= 11 is 0. The van der Waals surface area contributed by atoms with Gasteiger partial charge in [0.15, 0.2) is 0 Å². The molecule has 4 N–H and O–H groups in total. The molecule has 0 aromatic carbocycles. The van der Waals surface area contributed by atoms with Gasteiger partial charge in [-0.15, -0.1) is 0 Å². The van der Waals surface area contributed by atoms with Crippen LogP contribution in [0.15, 0.2) is 0 Å². The highest BCUT2D eigenvalue weighted by molar-refractivity contribution is 7.53. The Morgan fingerprint density at radius 3 is 1.62 bits per heavy atom. The molecule has 0 aromatic heterocycles. The second-order valence-electron chi connectivity index (χ2n) is 3.96. The second kappa shape index (κ2) is 3.70. The van der Waals surface area contributed by atoms with Crippen LogP contribution in [0, 0.1) is 5.41 Å². The average Bonchev–Trinajstić information content (AvgIpc) is 2.00. The van der Waals surface area contributed by atoms with Gasteiger partial charge in [-0.1, -0.05) is 20.8 Å². The molecular weight excluding hydrogens is 189 g/mol. The van der Waals surface area contributed by atoms with Crippen molar-refractivity contribution in [3.63, 3.8) is 0 Å². The van der Waals surface area contributed by atoms with Crippen molar-refractivity contribution in [2.75, 3.05) is 0 Å². The van der Waals surface area contributed by atoms with Gasteiger partial charge >= 0.3 is 7.60 Å². The molecule has 0 fully saturated rings. The van der Waals surface area contributed by atoms with Crippen LogP contribution in [0.4, 0.5) is 0 Å². The van der Waals surface area contributed by atoms with Crippen molar-refractivity contribution in [3.8, 4) is 0 Å². The normalized spacial score (nSPS) is 18.4. The highest BCUT2D eigenvalue weighted by Gasteiger charge is 2.51. The minimum atomic E-state index is -4.25. The number of hydrogen-bond acceptors (Lipinski definition) is 2. The summed E-state index contributed by atoms with van der Waals surface area (Å²) in [5.74, 6) is 0. The summed E-state index contributed by atoms with van der Waals surface area (Å²) in [6.07, 6.45) is 1.31. The fourth-order valence-corrected chi connectivity index (χ4v) is 2.34. The first kappa shape index (κ1) is 13.1. The standard InChI is InChI=1S/C8H20NO3P/c1-5-7(3,6-2)8(4,9)13(10,11)12/h5-6,9H2,1-4H3,(H2,10,11,12). The van der Waals surface area contributed by atoms with Crippen LogP contribution in [-0.2, 0) is 4.57 Å². The lowest BCUT2D eigenvalue weighted by Crippen LogP contribution is -2.50. The van der Waals surface area contributed by atoms with E-state index >= 15 is 0 Å². The summed E-state index contributed by atoms with van der Waals surface area (Å²) < 4.78 is 11.2. The first-order valence-corrected chi connectivity index (χ1v) is 6.08. The van der Waals surface area contributed by atoms with E-state index in [1.54, 1.807) is 0 Å². The van der Waals surface area contributed by atoms with Crippen molar-refractivity contribution in [1.29, 1.82) is 0 Å². The van der Waals surface area contributed by atoms with Crippen LogP contribution in [0.1, 0.15) is 40.5 Å². The Labute approximate surface area is 79.7 Å². The smallest absolute Gasteiger partial charge is 0.323 e. The Kier molecular flexibility index (Phi) is 3.73. The molecule has 0 aliphatic carbocycles. The molecule has 0 saturated heterocycles. The van der Waals surface area contributed by atoms with Crippen molar-refractivity contribution in [3.05, 3.63) is 0 Å². The molecule has 0 aliphatic heterocycles. The van der Waals surface area contributed by atoms with E-state index in [1.807, 2.05) is 20.8 Å². The van der Waals surface area contributed by atoms with E-state index in [9.17, 15) is 4.57 Å². The van der Waals surface area contributed by atoms with Crippen molar-refractivity contribution in [1.82, 2.24) is 0 Å². The van der Waals surface area contributed by atoms with E-state index in [0.29, 0.717) is 12.8 Å². The fraction of sp³-hybridized carbons (Fsp3) is 1.00. The molecule has 0 amide bonds. The zero-order valence-electron chi connectivity index (χ0n) is 8.74. The largest absolute Gasteiger partial charge is 0.345 e. The first-order valence-electron chi connectivity index (χ1n) is 4.47. The number of nitrogens with two attached hydrogens (primary N) is 1. The van der Waals surface area contributed by atoms with Gasteiger partial charge in [0.2, 0.25) is 0 Å². The lowest BCUT2D eigenvalue weighted by molar-refractivity contribution is 0.174. The SMILES string of the molecule is CCC(C)(CC)C(C)(N)P(=O)(O)O. The molecule has 0 saturated carbocycles. The monoisotopic (exact) mass is 209 g/mol. The van der Waals surface area contributed by atoms with Gasteiger partial charge < -0.3 is 15.5 Å². The maximum atomic E-state index is 11.2. The molecule has 0 aromatic rings. The van der Waals surface area contributed by atoms with E-state index in [4.69, 9.17) is 15.5 Å².